The molecule has 0 aromatic heterocycles. The fourth-order valence-corrected chi connectivity index (χ4v) is 2.63. The molecule has 0 spiro atoms. The zero-order valence-electron chi connectivity index (χ0n) is 13.0. The molecule has 118 valence electrons. The van der Waals surface area contributed by atoms with E-state index < -0.39 is 0 Å². The monoisotopic (exact) mass is 326 g/mol. The van der Waals surface area contributed by atoms with Crippen molar-refractivity contribution in [3.05, 3.63) is 76.7 Å². The summed E-state index contributed by atoms with van der Waals surface area (Å²) in [5.74, 6) is -0.716. The normalized spacial score (nSPS) is 10.5. The lowest BCUT2D eigenvalue weighted by Gasteiger charge is -2.08. The second-order valence-corrected chi connectivity index (χ2v) is 5.97. The van der Waals surface area contributed by atoms with Gasteiger partial charge in [0.1, 0.15) is 0 Å². The lowest BCUT2D eigenvalue weighted by Crippen LogP contribution is -2.41. The number of carbonyl (C=O) groups excluding carboxylic acids is 2. The molecule has 0 aliphatic heterocycles. The Bertz CT molecular complexity index is 727. The van der Waals surface area contributed by atoms with Gasteiger partial charge in [0, 0.05) is 16.5 Å². The predicted molar refractivity (Wildman–Crippen MR) is 93.0 cm³/mol. The van der Waals surface area contributed by atoms with Crippen molar-refractivity contribution in [2.75, 3.05) is 0 Å². The number of hydrogen-bond acceptors (Lipinski definition) is 3. The van der Waals surface area contributed by atoms with Crippen molar-refractivity contribution in [2.24, 2.45) is 0 Å². The minimum absolute atomic E-state index is 0.333. The smallest absolute Gasteiger partial charge is 0.268 e. The van der Waals surface area contributed by atoms with Gasteiger partial charge in [0.05, 0.1) is 0 Å². The Kier molecular flexibility index (Phi) is 6.00. The van der Waals surface area contributed by atoms with Gasteiger partial charge in [-0.15, -0.1) is 0 Å². The maximum absolute atomic E-state index is 12.0. The van der Waals surface area contributed by atoms with E-state index in [1.54, 1.807) is 11.5 Å². The Labute approximate surface area is 140 Å². The van der Waals surface area contributed by atoms with E-state index in [9.17, 15) is 9.59 Å². The molecule has 0 bridgehead atoms. The van der Waals surface area contributed by atoms with Crippen molar-refractivity contribution in [1.29, 1.82) is 0 Å². The summed E-state index contributed by atoms with van der Waals surface area (Å²) in [4.78, 5) is 24.7. The molecule has 0 aliphatic carbocycles. The van der Waals surface area contributed by atoms with Crippen LogP contribution in [0.4, 0.5) is 0 Å². The molecule has 0 aliphatic rings. The molecule has 0 fully saturated rings. The first-order valence-electron chi connectivity index (χ1n) is 7.12. The largest absolute Gasteiger partial charge is 0.269 e. The maximum atomic E-state index is 12.0. The van der Waals surface area contributed by atoms with Crippen LogP contribution < -0.4 is 10.9 Å². The summed E-state index contributed by atoms with van der Waals surface area (Å²) in [6, 6.07) is 15.2. The van der Waals surface area contributed by atoms with Gasteiger partial charge in [0.2, 0.25) is 0 Å². The molecule has 4 nitrogen and oxygen atoms in total. The van der Waals surface area contributed by atoms with Gasteiger partial charge in [-0.3, -0.25) is 20.4 Å². The molecule has 0 saturated heterocycles. The van der Waals surface area contributed by atoms with Gasteiger partial charge >= 0.3 is 0 Å². The summed E-state index contributed by atoms with van der Waals surface area (Å²) in [7, 11) is 0. The topological polar surface area (TPSA) is 58.2 Å². The summed E-state index contributed by atoms with van der Waals surface area (Å²) in [6.07, 6.45) is 1.37. The SMILES string of the molecule is Cc1ccc(C(=O)NNC(=O)/C=C/Sc2ccccc2)c(C)c1. The van der Waals surface area contributed by atoms with Crippen LogP contribution in [-0.4, -0.2) is 11.8 Å². The van der Waals surface area contributed by atoms with Gasteiger partial charge in [-0.05, 0) is 43.0 Å². The fraction of sp³-hybridized carbons (Fsp3) is 0.111. The molecule has 0 saturated carbocycles. The minimum Gasteiger partial charge on any atom is -0.268 e. The van der Waals surface area contributed by atoms with Crippen LogP contribution in [0.25, 0.3) is 0 Å². The van der Waals surface area contributed by atoms with Gasteiger partial charge < -0.3 is 0 Å². The van der Waals surface area contributed by atoms with Gasteiger partial charge in [-0.1, -0.05) is 47.7 Å². The average Bonchev–Trinajstić information content (AvgIpc) is 2.53. The van der Waals surface area contributed by atoms with Crippen molar-refractivity contribution in [3.63, 3.8) is 0 Å². The molecule has 5 heteroatoms. The van der Waals surface area contributed by atoms with Gasteiger partial charge in [0.25, 0.3) is 11.8 Å². The van der Waals surface area contributed by atoms with E-state index >= 15 is 0 Å². The first kappa shape index (κ1) is 16.8. The zero-order valence-corrected chi connectivity index (χ0v) is 13.8. The van der Waals surface area contributed by atoms with Crippen LogP contribution in [0.5, 0.6) is 0 Å². The van der Waals surface area contributed by atoms with E-state index in [1.807, 2.05) is 56.3 Å². The molecule has 0 atom stereocenters. The number of benzene rings is 2. The highest BCUT2D eigenvalue weighted by Crippen LogP contribution is 2.17. The summed E-state index contributed by atoms with van der Waals surface area (Å²) >= 11 is 1.43. The highest BCUT2D eigenvalue weighted by atomic mass is 32.2. The van der Waals surface area contributed by atoms with Crippen molar-refractivity contribution in [3.8, 4) is 0 Å². The third-order valence-corrected chi connectivity index (χ3v) is 3.91. The van der Waals surface area contributed by atoms with Crippen molar-refractivity contribution < 1.29 is 9.59 Å². The van der Waals surface area contributed by atoms with E-state index in [4.69, 9.17) is 0 Å². The molecule has 0 radical (unpaired) electrons. The highest BCUT2D eigenvalue weighted by Gasteiger charge is 2.08. The van der Waals surface area contributed by atoms with Crippen LogP contribution in [0, 0.1) is 13.8 Å². The number of nitrogens with one attached hydrogen (secondary N) is 2. The van der Waals surface area contributed by atoms with Gasteiger partial charge in [0.15, 0.2) is 0 Å². The molecule has 23 heavy (non-hydrogen) atoms. The molecular formula is C18H18N2O2S. The summed E-state index contributed by atoms with van der Waals surface area (Å²) < 4.78 is 0. The van der Waals surface area contributed by atoms with Gasteiger partial charge in [-0.25, -0.2) is 0 Å². The third kappa shape index (κ3) is 5.30. The lowest BCUT2D eigenvalue weighted by atomic mass is 10.1. The van der Waals surface area contributed by atoms with Crippen LogP contribution in [0.3, 0.4) is 0 Å². The number of aryl methyl sites for hydroxylation is 2. The molecule has 0 heterocycles. The Hall–Kier alpha value is -2.53. The first-order chi connectivity index (χ1) is 11.1. The van der Waals surface area contributed by atoms with Gasteiger partial charge in [-0.2, -0.15) is 0 Å². The van der Waals surface area contributed by atoms with Crippen molar-refractivity contribution in [2.45, 2.75) is 18.7 Å². The Morgan fingerprint density at radius 1 is 1.00 bits per heavy atom. The van der Waals surface area contributed by atoms with Crippen LogP contribution in [0.1, 0.15) is 21.5 Å². The van der Waals surface area contributed by atoms with E-state index in [0.29, 0.717) is 5.56 Å². The minimum atomic E-state index is -0.383. The second kappa shape index (κ2) is 8.19. The first-order valence-corrected chi connectivity index (χ1v) is 8.00. The van der Waals surface area contributed by atoms with Crippen molar-refractivity contribution >= 4 is 23.6 Å². The van der Waals surface area contributed by atoms with Crippen molar-refractivity contribution in [1.82, 2.24) is 10.9 Å². The summed E-state index contributed by atoms with van der Waals surface area (Å²) in [6.45, 7) is 3.83. The molecule has 0 unspecified atom stereocenters. The number of carbonyl (C=O) groups is 2. The molecule has 2 amide bonds. The highest BCUT2D eigenvalue weighted by molar-refractivity contribution is 8.02. The quantitative estimate of drug-likeness (QED) is 0.514. The maximum Gasteiger partial charge on any atom is 0.269 e. The van der Waals surface area contributed by atoms with E-state index in [2.05, 4.69) is 10.9 Å². The average molecular weight is 326 g/mol. The number of rotatable bonds is 4. The fourth-order valence-electron chi connectivity index (χ4n) is 1.97. The molecular weight excluding hydrogens is 308 g/mol. The predicted octanol–water partition coefficient (Wildman–Crippen LogP) is 3.37. The Morgan fingerprint density at radius 2 is 1.74 bits per heavy atom. The lowest BCUT2D eigenvalue weighted by molar-refractivity contribution is -0.117. The summed E-state index contributed by atoms with van der Waals surface area (Å²) in [5, 5.41) is 1.67. The van der Waals surface area contributed by atoms with Crippen LogP contribution >= 0.6 is 11.8 Å². The van der Waals surface area contributed by atoms with Crippen LogP contribution in [-0.2, 0) is 4.79 Å². The molecule has 2 rings (SSSR count). The van der Waals surface area contributed by atoms with E-state index in [-0.39, 0.29) is 11.8 Å². The molecule has 2 aromatic rings. The molecule has 2 aromatic carbocycles. The van der Waals surface area contributed by atoms with E-state index in [0.717, 1.165) is 16.0 Å². The number of hydrazine groups is 1. The van der Waals surface area contributed by atoms with Crippen LogP contribution in [0.15, 0.2) is 64.9 Å². The van der Waals surface area contributed by atoms with E-state index in [1.165, 1.54) is 17.8 Å². The standard InChI is InChI=1S/C18H18N2O2S/c1-13-8-9-16(14(2)12-13)18(22)20-19-17(21)10-11-23-15-6-4-3-5-7-15/h3-12H,1-2H3,(H,19,21)(H,20,22)/b11-10+. The molecule has 2 N–H and O–H groups in total. The third-order valence-electron chi connectivity index (χ3n) is 3.09. The Balaban J connectivity index is 1.83. The Morgan fingerprint density at radius 3 is 2.43 bits per heavy atom. The number of thioether (sulfide) groups is 1. The number of amides is 2. The van der Waals surface area contributed by atoms with Crippen LogP contribution in [0.2, 0.25) is 0 Å². The zero-order chi connectivity index (χ0) is 16.7. The summed E-state index contributed by atoms with van der Waals surface area (Å²) in [5.41, 5.74) is 7.27. The number of hydrogen-bond donors (Lipinski definition) is 2. The second-order valence-electron chi connectivity index (χ2n) is 5.00.